The predicted octanol–water partition coefficient (Wildman–Crippen LogP) is 3.90. The van der Waals surface area contributed by atoms with Crippen LogP contribution in [-0.2, 0) is 17.8 Å². The molecule has 0 amide bonds. The van der Waals surface area contributed by atoms with Gasteiger partial charge in [0, 0.05) is 17.6 Å². The summed E-state index contributed by atoms with van der Waals surface area (Å²) in [5.41, 5.74) is 2.99. The summed E-state index contributed by atoms with van der Waals surface area (Å²) in [7, 11) is 0. The van der Waals surface area contributed by atoms with Crippen molar-refractivity contribution in [2.45, 2.75) is 19.9 Å². The Balaban J connectivity index is 1.80. The van der Waals surface area contributed by atoms with Crippen LogP contribution < -0.4 is 0 Å². The van der Waals surface area contributed by atoms with Crippen molar-refractivity contribution in [3.63, 3.8) is 0 Å². The van der Waals surface area contributed by atoms with Gasteiger partial charge in [0.05, 0.1) is 6.54 Å². The number of benzene rings is 2. The summed E-state index contributed by atoms with van der Waals surface area (Å²) in [6.45, 7) is 2.35. The Morgan fingerprint density at radius 2 is 1.81 bits per heavy atom. The average molecular weight is 281 g/mol. The lowest BCUT2D eigenvalue weighted by Gasteiger charge is -2.08. The summed E-state index contributed by atoms with van der Waals surface area (Å²) in [5.74, 6) is -0.162. The molecule has 0 radical (unpaired) electrons. The SMILES string of the molecule is Cc1cc2ccccc2n1CC(=O)Cc1ccc(F)cc1. The van der Waals surface area contributed by atoms with Gasteiger partial charge in [0.15, 0.2) is 5.78 Å². The number of carbonyl (C=O) groups excluding carboxylic acids is 1. The third kappa shape index (κ3) is 2.87. The topological polar surface area (TPSA) is 22.0 Å². The Hall–Kier alpha value is -2.42. The van der Waals surface area contributed by atoms with E-state index in [4.69, 9.17) is 0 Å². The first-order chi connectivity index (χ1) is 10.1. The molecule has 3 aromatic rings. The molecule has 2 nitrogen and oxygen atoms in total. The second-order valence-electron chi connectivity index (χ2n) is 5.27. The molecule has 0 aliphatic carbocycles. The fourth-order valence-electron chi connectivity index (χ4n) is 2.62. The van der Waals surface area contributed by atoms with Crippen LogP contribution in [0.3, 0.4) is 0 Å². The third-order valence-electron chi connectivity index (χ3n) is 3.67. The first-order valence-electron chi connectivity index (χ1n) is 6.94. The van der Waals surface area contributed by atoms with Crippen molar-refractivity contribution < 1.29 is 9.18 Å². The zero-order valence-corrected chi connectivity index (χ0v) is 11.8. The molecule has 1 heterocycles. The first-order valence-corrected chi connectivity index (χ1v) is 6.94. The van der Waals surface area contributed by atoms with Gasteiger partial charge in [0.2, 0.25) is 0 Å². The van der Waals surface area contributed by atoms with Gasteiger partial charge in [-0.1, -0.05) is 30.3 Å². The molecule has 2 aromatic carbocycles. The van der Waals surface area contributed by atoms with Crippen molar-refractivity contribution in [3.8, 4) is 0 Å². The Morgan fingerprint density at radius 3 is 2.57 bits per heavy atom. The van der Waals surface area contributed by atoms with E-state index in [-0.39, 0.29) is 11.6 Å². The van der Waals surface area contributed by atoms with Crippen LogP contribution in [0.1, 0.15) is 11.3 Å². The van der Waals surface area contributed by atoms with E-state index >= 15 is 0 Å². The average Bonchev–Trinajstić information content (AvgIpc) is 2.78. The summed E-state index contributed by atoms with van der Waals surface area (Å²) in [6.07, 6.45) is 0.326. The summed E-state index contributed by atoms with van der Waals surface area (Å²) < 4.78 is 14.9. The number of fused-ring (bicyclic) bond motifs is 1. The molecule has 0 spiro atoms. The van der Waals surface area contributed by atoms with E-state index in [1.165, 1.54) is 12.1 Å². The summed E-state index contributed by atoms with van der Waals surface area (Å²) in [4.78, 5) is 12.2. The number of halogens is 1. The van der Waals surface area contributed by atoms with Crippen LogP contribution in [0.15, 0.2) is 54.6 Å². The van der Waals surface area contributed by atoms with Gasteiger partial charge in [-0.25, -0.2) is 4.39 Å². The molecule has 0 saturated carbocycles. The molecular formula is C18H16FNO. The Bertz CT molecular complexity index is 787. The molecule has 21 heavy (non-hydrogen) atoms. The molecule has 1 aromatic heterocycles. The van der Waals surface area contributed by atoms with Crippen molar-refractivity contribution in [1.29, 1.82) is 0 Å². The fraction of sp³-hybridized carbons (Fsp3) is 0.167. The van der Waals surface area contributed by atoms with E-state index in [9.17, 15) is 9.18 Å². The lowest BCUT2D eigenvalue weighted by atomic mass is 10.1. The maximum atomic E-state index is 12.9. The number of carbonyl (C=O) groups is 1. The summed E-state index contributed by atoms with van der Waals surface area (Å²) >= 11 is 0. The van der Waals surface area contributed by atoms with Crippen LogP contribution in [-0.4, -0.2) is 10.4 Å². The molecule has 3 heteroatoms. The van der Waals surface area contributed by atoms with Gasteiger partial charge >= 0.3 is 0 Å². The molecule has 0 saturated heterocycles. The minimum Gasteiger partial charge on any atom is -0.337 e. The number of aromatic nitrogens is 1. The highest BCUT2D eigenvalue weighted by Crippen LogP contribution is 2.19. The van der Waals surface area contributed by atoms with E-state index < -0.39 is 0 Å². The van der Waals surface area contributed by atoms with E-state index in [1.807, 2.05) is 35.8 Å². The van der Waals surface area contributed by atoms with Crippen LogP contribution in [0.4, 0.5) is 4.39 Å². The van der Waals surface area contributed by atoms with Gasteiger partial charge < -0.3 is 4.57 Å². The molecule has 0 aliphatic rings. The molecule has 0 N–H and O–H groups in total. The van der Waals surface area contributed by atoms with E-state index in [0.29, 0.717) is 13.0 Å². The quantitative estimate of drug-likeness (QED) is 0.711. The lowest BCUT2D eigenvalue weighted by Crippen LogP contribution is -2.13. The smallest absolute Gasteiger partial charge is 0.156 e. The number of nitrogens with zero attached hydrogens (tertiary/aromatic N) is 1. The van der Waals surface area contributed by atoms with Crippen molar-refractivity contribution in [2.24, 2.45) is 0 Å². The Kier molecular flexibility index (Phi) is 3.57. The number of Topliss-reactive ketones (excluding diaryl/α,β-unsaturated/α-hetero) is 1. The molecule has 0 fully saturated rings. The predicted molar refractivity (Wildman–Crippen MR) is 81.8 cm³/mol. The maximum absolute atomic E-state index is 12.9. The van der Waals surface area contributed by atoms with E-state index in [2.05, 4.69) is 6.07 Å². The highest BCUT2D eigenvalue weighted by molar-refractivity contribution is 5.86. The first kappa shape index (κ1) is 13.6. The second-order valence-corrected chi connectivity index (χ2v) is 5.27. The van der Waals surface area contributed by atoms with Gasteiger partial charge in [0.1, 0.15) is 5.82 Å². The van der Waals surface area contributed by atoms with Gasteiger partial charge in [-0.2, -0.15) is 0 Å². The largest absolute Gasteiger partial charge is 0.337 e. The van der Waals surface area contributed by atoms with Crippen molar-refractivity contribution >= 4 is 16.7 Å². The fourth-order valence-corrected chi connectivity index (χ4v) is 2.62. The second kappa shape index (κ2) is 5.52. The van der Waals surface area contributed by atoms with Gasteiger partial charge in [-0.05, 0) is 42.1 Å². The number of hydrogen-bond acceptors (Lipinski definition) is 1. The van der Waals surface area contributed by atoms with Crippen LogP contribution in [0, 0.1) is 12.7 Å². The molecular weight excluding hydrogens is 265 g/mol. The standard InChI is InChI=1S/C18H16FNO/c1-13-10-15-4-2-3-5-18(15)20(13)12-17(21)11-14-6-8-16(19)9-7-14/h2-10H,11-12H2,1H3. The van der Waals surface area contributed by atoms with Gasteiger partial charge in [-0.15, -0.1) is 0 Å². The number of para-hydroxylation sites is 1. The minimum atomic E-state index is -0.279. The molecule has 106 valence electrons. The van der Waals surface area contributed by atoms with Gasteiger partial charge in [0.25, 0.3) is 0 Å². The molecule has 0 bridgehead atoms. The zero-order valence-electron chi connectivity index (χ0n) is 11.8. The van der Waals surface area contributed by atoms with Crippen LogP contribution in [0.25, 0.3) is 10.9 Å². The zero-order chi connectivity index (χ0) is 14.8. The van der Waals surface area contributed by atoms with E-state index in [1.54, 1.807) is 12.1 Å². The number of hydrogen-bond donors (Lipinski definition) is 0. The molecule has 0 unspecified atom stereocenters. The third-order valence-corrected chi connectivity index (χ3v) is 3.67. The Morgan fingerprint density at radius 1 is 1.10 bits per heavy atom. The monoisotopic (exact) mass is 281 g/mol. The summed E-state index contributed by atoms with van der Waals surface area (Å²) in [5, 5.41) is 1.14. The number of ketones is 1. The minimum absolute atomic E-state index is 0.117. The highest BCUT2D eigenvalue weighted by atomic mass is 19.1. The highest BCUT2D eigenvalue weighted by Gasteiger charge is 2.10. The van der Waals surface area contributed by atoms with Crippen molar-refractivity contribution in [2.75, 3.05) is 0 Å². The van der Waals surface area contributed by atoms with Crippen LogP contribution in [0.5, 0.6) is 0 Å². The molecule has 0 aliphatic heterocycles. The molecule has 3 rings (SSSR count). The number of rotatable bonds is 4. The molecule has 0 atom stereocenters. The van der Waals surface area contributed by atoms with Crippen LogP contribution >= 0.6 is 0 Å². The summed E-state index contributed by atoms with van der Waals surface area (Å²) in [6, 6.07) is 16.2. The normalized spacial score (nSPS) is 11.0. The van der Waals surface area contributed by atoms with Crippen molar-refractivity contribution in [3.05, 3.63) is 71.7 Å². The van der Waals surface area contributed by atoms with E-state index in [0.717, 1.165) is 22.2 Å². The lowest BCUT2D eigenvalue weighted by molar-refractivity contribution is -0.118. The van der Waals surface area contributed by atoms with Gasteiger partial charge in [-0.3, -0.25) is 4.79 Å². The number of aryl methyl sites for hydroxylation is 1. The van der Waals surface area contributed by atoms with Crippen molar-refractivity contribution in [1.82, 2.24) is 4.57 Å². The Labute approximate surface area is 122 Å². The van der Waals surface area contributed by atoms with Crippen LogP contribution in [0.2, 0.25) is 0 Å². The maximum Gasteiger partial charge on any atom is 0.156 e.